The number of hydrogen-bond acceptors (Lipinski definition) is 7. The first-order valence-electron chi connectivity index (χ1n) is 10.5. The van der Waals surface area contributed by atoms with E-state index in [-0.39, 0.29) is 49.1 Å². The molecule has 0 bridgehead atoms. The Bertz CT molecular complexity index is 1190. The summed E-state index contributed by atoms with van der Waals surface area (Å²) in [5.74, 6) is -0.616. The second-order valence-electron chi connectivity index (χ2n) is 7.27. The molecule has 0 radical (unpaired) electrons. The number of rotatable bonds is 11. The van der Waals surface area contributed by atoms with Crippen molar-refractivity contribution in [2.75, 3.05) is 6.61 Å². The van der Waals surface area contributed by atoms with E-state index >= 15 is 0 Å². The van der Waals surface area contributed by atoms with Gasteiger partial charge in [0.1, 0.15) is 22.2 Å². The molecular weight excluding hydrogens is 465 g/mol. The van der Waals surface area contributed by atoms with Gasteiger partial charge in [-0.15, -0.1) is 0 Å². The minimum Gasteiger partial charge on any atom is -0.467 e. The standard InChI is InChI=1S/C24H24FNO7S/c1-2-31-24(28)14-13-23(27)26(17-21-4-3-15-32-21)16-18-5-9-20(10-6-18)33-34(29,30)22-11-7-19(25)8-12-22/h3-12,15H,2,13-14,16-17H2,1H3. The molecule has 3 aromatic rings. The second-order valence-corrected chi connectivity index (χ2v) is 8.82. The Hall–Kier alpha value is -3.66. The predicted molar refractivity (Wildman–Crippen MR) is 119 cm³/mol. The fourth-order valence-corrected chi connectivity index (χ4v) is 4.00. The summed E-state index contributed by atoms with van der Waals surface area (Å²) in [6.07, 6.45) is 1.45. The molecule has 0 unspecified atom stereocenters. The molecule has 1 aromatic heterocycles. The molecule has 0 aliphatic heterocycles. The van der Waals surface area contributed by atoms with Crippen LogP contribution in [0.1, 0.15) is 31.1 Å². The molecule has 0 saturated carbocycles. The van der Waals surface area contributed by atoms with Crippen molar-refractivity contribution in [2.24, 2.45) is 0 Å². The highest BCUT2D eigenvalue weighted by molar-refractivity contribution is 7.87. The molecule has 180 valence electrons. The van der Waals surface area contributed by atoms with Gasteiger partial charge >= 0.3 is 16.1 Å². The Balaban J connectivity index is 1.68. The summed E-state index contributed by atoms with van der Waals surface area (Å²) in [6, 6.07) is 13.9. The zero-order valence-corrected chi connectivity index (χ0v) is 19.3. The van der Waals surface area contributed by atoms with Gasteiger partial charge in [-0.2, -0.15) is 8.42 Å². The zero-order chi connectivity index (χ0) is 24.6. The van der Waals surface area contributed by atoms with E-state index in [0.717, 1.165) is 24.3 Å². The molecule has 2 aromatic carbocycles. The van der Waals surface area contributed by atoms with E-state index in [1.807, 2.05) is 0 Å². The van der Waals surface area contributed by atoms with Gasteiger partial charge in [-0.3, -0.25) is 9.59 Å². The number of carbonyl (C=O) groups is 2. The van der Waals surface area contributed by atoms with Crippen molar-refractivity contribution in [1.29, 1.82) is 0 Å². The molecule has 0 fully saturated rings. The van der Waals surface area contributed by atoms with E-state index in [1.165, 1.54) is 23.3 Å². The molecule has 0 aliphatic rings. The number of amides is 1. The van der Waals surface area contributed by atoms with Crippen LogP contribution in [0.4, 0.5) is 4.39 Å². The molecule has 1 amide bonds. The lowest BCUT2D eigenvalue weighted by Crippen LogP contribution is -2.30. The second kappa shape index (κ2) is 11.5. The monoisotopic (exact) mass is 489 g/mol. The lowest BCUT2D eigenvalue weighted by Gasteiger charge is -2.22. The first-order chi connectivity index (χ1) is 16.3. The van der Waals surface area contributed by atoms with Gasteiger partial charge in [0, 0.05) is 13.0 Å². The third-order valence-corrected chi connectivity index (χ3v) is 5.99. The van der Waals surface area contributed by atoms with Gasteiger partial charge in [0.15, 0.2) is 0 Å². The van der Waals surface area contributed by atoms with Gasteiger partial charge in [-0.05, 0) is 61.0 Å². The minimum absolute atomic E-state index is 0.0172. The Morgan fingerprint density at radius 2 is 1.68 bits per heavy atom. The topological polar surface area (TPSA) is 103 Å². The van der Waals surface area contributed by atoms with Gasteiger partial charge in [0.05, 0.1) is 25.8 Å². The highest BCUT2D eigenvalue weighted by Gasteiger charge is 2.19. The molecule has 0 spiro atoms. The number of hydrogen-bond donors (Lipinski definition) is 0. The van der Waals surface area contributed by atoms with E-state index in [9.17, 15) is 22.4 Å². The van der Waals surface area contributed by atoms with Crippen molar-refractivity contribution in [3.8, 4) is 5.75 Å². The van der Waals surface area contributed by atoms with Crippen molar-refractivity contribution in [3.63, 3.8) is 0 Å². The van der Waals surface area contributed by atoms with Crippen LogP contribution in [0.5, 0.6) is 5.75 Å². The summed E-state index contributed by atoms with van der Waals surface area (Å²) in [4.78, 5) is 25.7. The zero-order valence-electron chi connectivity index (χ0n) is 18.5. The van der Waals surface area contributed by atoms with E-state index in [0.29, 0.717) is 11.3 Å². The summed E-state index contributed by atoms with van der Waals surface area (Å²) in [7, 11) is -4.12. The molecule has 0 atom stereocenters. The summed E-state index contributed by atoms with van der Waals surface area (Å²) in [5, 5.41) is 0. The molecular formula is C24H24FNO7S. The number of esters is 1. The van der Waals surface area contributed by atoms with E-state index in [4.69, 9.17) is 13.3 Å². The number of carbonyl (C=O) groups excluding carboxylic acids is 2. The third kappa shape index (κ3) is 7.17. The molecule has 8 nitrogen and oxygen atoms in total. The van der Waals surface area contributed by atoms with Gasteiger partial charge < -0.3 is 18.2 Å². The molecule has 34 heavy (non-hydrogen) atoms. The van der Waals surface area contributed by atoms with Crippen molar-refractivity contribution in [3.05, 3.63) is 84.1 Å². The normalized spacial score (nSPS) is 11.1. The predicted octanol–water partition coefficient (Wildman–Crippen LogP) is 4.06. The van der Waals surface area contributed by atoms with Crippen LogP contribution in [0.15, 0.2) is 76.2 Å². The molecule has 0 aliphatic carbocycles. The van der Waals surface area contributed by atoms with Crippen molar-refractivity contribution in [1.82, 2.24) is 4.90 Å². The molecule has 0 N–H and O–H groups in total. The van der Waals surface area contributed by atoms with Crippen LogP contribution < -0.4 is 4.18 Å². The number of benzene rings is 2. The van der Waals surface area contributed by atoms with Gasteiger partial charge in [-0.1, -0.05) is 12.1 Å². The van der Waals surface area contributed by atoms with Crippen molar-refractivity contribution < 1.29 is 35.7 Å². The summed E-state index contributed by atoms with van der Waals surface area (Å²) >= 11 is 0. The summed E-state index contributed by atoms with van der Waals surface area (Å²) < 4.78 is 53.1. The van der Waals surface area contributed by atoms with Crippen LogP contribution in [0.2, 0.25) is 0 Å². The maximum absolute atomic E-state index is 13.1. The van der Waals surface area contributed by atoms with Crippen LogP contribution in [-0.4, -0.2) is 31.8 Å². The number of furan rings is 1. The smallest absolute Gasteiger partial charge is 0.339 e. The van der Waals surface area contributed by atoms with Crippen molar-refractivity contribution >= 4 is 22.0 Å². The van der Waals surface area contributed by atoms with Crippen molar-refractivity contribution in [2.45, 2.75) is 37.8 Å². The maximum atomic E-state index is 13.1. The largest absolute Gasteiger partial charge is 0.467 e. The molecule has 3 rings (SSSR count). The average Bonchev–Trinajstić information content (AvgIpc) is 3.32. The Morgan fingerprint density at radius 3 is 2.29 bits per heavy atom. The van der Waals surface area contributed by atoms with E-state index in [1.54, 1.807) is 31.2 Å². The maximum Gasteiger partial charge on any atom is 0.339 e. The van der Waals surface area contributed by atoms with Gasteiger partial charge in [-0.25, -0.2) is 4.39 Å². The lowest BCUT2D eigenvalue weighted by atomic mass is 10.2. The molecule has 1 heterocycles. The number of ether oxygens (including phenoxy) is 1. The first kappa shape index (κ1) is 25.0. The third-order valence-electron chi connectivity index (χ3n) is 4.73. The van der Waals surface area contributed by atoms with Crippen LogP contribution >= 0.6 is 0 Å². The lowest BCUT2D eigenvalue weighted by molar-refractivity contribution is -0.146. The van der Waals surface area contributed by atoms with Crippen LogP contribution in [-0.2, 0) is 37.5 Å². The highest BCUT2D eigenvalue weighted by Crippen LogP contribution is 2.21. The Labute approximate surface area is 197 Å². The van der Waals surface area contributed by atoms with Crippen LogP contribution in [0.25, 0.3) is 0 Å². The summed E-state index contributed by atoms with van der Waals surface area (Å²) in [5.41, 5.74) is 0.711. The number of halogens is 1. The molecule has 10 heteroatoms. The summed E-state index contributed by atoms with van der Waals surface area (Å²) in [6.45, 7) is 2.34. The SMILES string of the molecule is CCOC(=O)CCC(=O)N(Cc1ccc(OS(=O)(=O)c2ccc(F)cc2)cc1)Cc1ccco1. The van der Waals surface area contributed by atoms with Gasteiger partial charge in [0.25, 0.3) is 0 Å². The average molecular weight is 490 g/mol. The highest BCUT2D eigenvalue weighted by atomic mass is 32.2. The number of nitrogens with zero attached hydrogens (tertiary/aromatic N) is 1. The van der Waals surface area contributed by atoms with E-state index < -0.39 is 21.9 Å². The van der Waals surface area contributed by atoms with Crippen LogP contribution in [0.3, 0.4) is 0 Å². The quantitative estimate of drug-likeness (QED) is 0.296. The van der Waals surface area contributed by atoms with E-state index in [2.05, 4.69) is 0 Å². The first-order valence-corrected chi connectivity index (χ1v) is 11.9. The van der Waals surface area contributed by atoms with Crippen LogP contribution in [0, 0.1) is 5.82 Å². The van der Waals surface area contributed by atoms with Gasteiger partial charge in [0.2, 0.25) is 5.91 Å². The minimum atomic E-state index is -4.12. The fraction of sp³-hybridized carbons (Fsp3) is 0.250. The molecule has 0 saturated heterocycles. The Kier molecular flexibility index (Phi) is 8.42. The Morgan fingerprint density at radius 1 is 0.971 bits per heavy atom. The fourth-order valence-electron chi connectivity index (χ4n) is 3.07.